The Labute approximate surface area is 123 Å². The van der Waals surface area contributed by atoms with E-state index in [0.717, 1.165) is 19.5 Å². The highest BCUT2D eigenvalue weighted by molar-refractivity contribution is 5.18. The summed E-state index contributed by atoms with van der Waals surface area (Å²) in [6, 6.07) is 6.15. The highest BCUT2D eigenvalue weighted by Gasteiger charge is 2.26. The van der Waals surface area contributed by atoms with E-state index < -0.39 is 0 Å². The predicted octanol–water partition coefficient (Wildman–Crippen LogP) is 2.42. The SMILES string of the molecule is CCC1c2cccn2CCN1Cc1cc(=O)c(OC)co1. The van der Waals surface area contributed by atoms with Crippen LogP contribution in [-0.2, 0) is 13.1 Å². The molecule has 0 fully saturated rings. The molecule has 5 nitrogen and oxygen atoms in total. The first-order chi connectivity index (χ1) is 10.2. The quantitative estimate of drug-likeness (QED) is 0.867. The van der Waals surface area contributed by atoms with Gasteiger partial charge < -0.3 is 13.7 Å². The molecule has 0 bridgehead atoms. The third kappa shape index (κ3) is 2.61. The second-order valence-corrected chi connectivity index (χ2v) is 5.30. The lowest BCUT2D eigenvalue weighted by atomic mass is 10.1. The van der Waals surface area contributed by atoms with E-state index in [1.807, 2.05) is 0 Å². The van der Waals surface area contributed by atoms with Crippen LogP contribution in [0.2, 0.25) is 0 Å². The van der Waals surface area contributed by atoms with E-state index in [4.69, 9.17) is 9.15 Å². The number of nitrogens with zero attached hydrogens (tertiary/aromatic N) is 2. The standard InChI is InChI=1S/C16H20N2O3/c1-3-13-14-5-4-6-17(14)7-8-18(13)10-12-9-15(19)16(20-2)11-21-12/h4-6,9,11,13H,3,7-8,10H2,1-2H3. The van der Waals surface area contributed by atoms with Crippen molar-refractivity contribution >= 4 is 0 Å². The van der Waals surface area contributed by atoms with Gasteiger partial charge in [-0.2, -0.15) is 0 Å². The molecule has 1 aliphatic heterocycles. The fourth-order valence-corrected chi connectivity index (χ4v) is 3.04. The molecule has 1 unspecified atom stereocenters. The van der Waals surface area contributed by atoms with Gasteiger partial charge in [0.15, 0.2) is 0 Å². The van der Waals surface area contributed by atoms with E-state index in [1.165, 1.54) is 25.1 Å². The fourth-order valence-electron chi connectivity index (χ4n) is 3.04. The lowest BCUT2D eigenvalue weighted by Gasteiger charge is -2.36. The van der Waals surface area contributed by atoms with Crippen LogP contribution in [0.3, 0.4) is 0 Å². The molecule has 0 amide bonds. The van der Waals surface area contributed by atoms with Crippen molar-refractivity contribution in [2.45, 2.75) is 32.5 Å². The molecule has 0 aromatic carbocycles. The molecule has 0 aliphatic carbocycles. The number of fused-ring (bicyclic) bond motifs is 1. The van der Waals surface area contributed by atoms with Crippen LogP contribution in [0.15, 0.2) is 39.9 Å². The Bertz CT molecular complexity index is 674. The monoisotopic (exact) mass is 288 g/mol. The molecule has 0 N–H and O–H groups in total. The van der Waals surface area contributed by atoms with Crippen molar-refractivity contribution in [3.63, 3.8) is 0 Å². The zero-order chi connectivity index (χ0) is 14.8. The van der Waals surface area contributed by atoms with Gasteiger partial charge in [-0.15, -0.1) is 0 Å². The van der Waals surface area contributed by atoms with Crippen LogP contribution in [0.5, 0.6) is 5.75 Å². The molecule has 3 heterocycles. The van der Waals surface area contributed by atoms with E-state index >= 15 is 0 Å². The predicted molar refractivity (Wildman–Crippen MR) is 79.4 cm³/mol. The molecular weight excluding hydrogens is 268 g/mol. The minimum Gasteiger partial charge on any atom is -0.490 e. The average Bonchev–Trinajstić information content (AvgIpc) is 2.96. The van der Waals surface area contributed by atoms with Crippen molar-refractivity contribution in [2.75, 3.05) is 13.7 Å². The molecule has 5 heteroatoms. The molecule has 0 saturated carbocycles. The first-order valence-electron chi connectivity index (χ1n) is 7.27. The number of methoxy groups -OCH3 is 1. The van der Waals surface area contributed by atoms with E-state index in [9.17, 15) is 4.79 Å². The zero-order valence-electron chi connectivity index (χ0n) is 12.4. The van der Waals surface area contributed by atoms with Crippen molar-refractivity contribution in [1.82, 2.24) is 9.47 Å². The van der Waals surface area contributed by atoms with Gasteiger partial charge in [0, 0.05) is 31.0 Å². The molecule has 1 aliphatic rings. The molecular formula is C16H20N2O3. The van der Waals surface area contributed by atoms with Crippen molar-refractivity contribution < 1.29 is 9.15 Å². The molecule has 2 aromatic rings. The summed E-state index contributed by atoms with van der Waals surface area (Å²) < 4.78 is 12.8. The number of hydrogen-bond donors (Lipinski definition) is 0. The summed E-state index contributed by atoms with van der Waals surface area (Å²) in [5.41, 5.74) is 1.20. The summed E-state index contributed by atoms with van der Waals surface area (Å²) in [7, 11) is 1.47. The van der Waals surface area contributed by atoms with Crippen molar-refractivity contribution in [3.05, 3.63) is 52.3 Å². The molecule has 112 valence electrons. The Balaban J connectivity index is 1.82. The van der Waals surface area contributed by atoms with Gasteiger partial charge in [-0.1, -0.05) is 6.92 Å². The Morgan fingerprint density at radius 2 is 2.29 bits per heavy atom. The van der Waals surface area contributed by atoms with Crippen LogP contribution in [0, 0.1) is 0 Å². The molecule has 2 aromatic heterocycles. The summed E-state index contributed by atoms with van der Waals surface area (Å²) in [5, 5.41) is 0. The largest absolute Gasteiger partial charge is 0.490 e. The summed E-state index contributed by atoms with van der Waals surface area (Å²) in [6.45, 7) is 4.75. The maximum absolute atomic E-state index is 11.8. The number of rotatable bonds is 4. The first kappa shape index (κ1) is 13.9. The summed E-state index contributed by atoms with van der Waals surface area (Å²) in [4.78, 5) is 14.2. The van der Waals surface area contributed by atoms with Gasteiger partial charge in [0.05, 0.1) is 19.7 Å². The lowest BCUT2D eigenvalue weighted by Crippen LogP contribution is -2.37. The van der Waals surface area contributed by atoms with Crippen LogP contribution in [0.25, 0.3) is 0 Å². The Kier molecular flexibility index (Phi) is 3.84. The topological polar surface area (TPSA) is 47.6 Å². The molecule has 3 rings (SSSR count). The van der Waals surface area contributed by atoms with Gasteiger partial charge in [-0.3, -0.25) is 9.69 Å². The minimum absolute atomic E-state index is 0.132. The first-order valence-corrected chi connectivity index (χ1v) is 7.27. The van der Waals surface area contributed by atoms with E-state index in [0.29, 0.717) is 18.3 Å². The second-order valence-electron chi connectivity index (χ2n) is 5.30. The lowest BCUT2D eigenvalue weighted by molar-refractivity contribution is 0.132. The van der Waals surface area contributed by atoms with Crippen LogP contribution in [0.1, 0.15) is 30.8 Å². The minimum atomic E-state index is -0.132. The fraction of sp³-hybridized carbons (Fsp3) is 0.438. The third-order valence-electron chi connectivity index (χ3n) is 4.09. The van der Waals surface area contributed by atoms with Gasteiger partial charge in [-0.05, 0) is 18.6 Å². The number of ether oxygens (including phenoxy) is 1. The van der Waals surface area contributed by atoms with E-state index in [-0.39, 0.29) is 11.2 Å². The van der Waals surface area contributed by atoms with E-state index in [2.05, 4.69) is 34.7 Å². The molecule has 21 heavy (non-hydrogen) atoms. The normalized spacial score (nSPS) is 18.5. The molecule has 0 saturated heterocycles. The van der Waals surface area contributed by atoms with E-state index in [1.54, 1.807) is 0 Å². The van der Waals surface area contributed by atoms with Crippen molar-refractivity contribution in [2.24, 2.45) is 0 Å². The molecule has 0 spiro atoms. The van der Waals surface area contributed by atoms with Gasteiger partial charge in [-0.25, -0.2) is 0 Å². The third-order valence-corrected chi connectivity index (χ3v) is 4.09. The van der Waals surface area contributed by atoms with Gasteiger partial charge in [0.2, 0.25) is 11.2 Å². The number of hydrogen-bond acceptors (Lipinski definition) is 4. The highest BCUT2D eigenvalue weighted by atomic mass is 16.5. The maximum Gasteiger partial charge on any atom is 0.227 e. The molecule has 1 atom stereocenters. The van der Waals surface area contributed by atoms with Crippen LogP contribution < -0.4 is 10.2 Å². The Morgan fingerprint density at radius 3 is 3.00 bits per heavy atom. The smallest absolute Gasteiger partial charge is 0.227 e. The Hall–Kier alpha value is -2.01. The molecule has 0 radical (unpaired) electrons. The zero-order valence-corrected chi connectivity index (χ0v) is 12.4. The maximum atomic E-state index is 11.8. The second kappa shape index (κ2) is 5.77. The van der Waals surface area contributed by atoms with Crippen molar-refractivity contribution in [1.29, 1.82) is 0 Å². The van der Waals surface area contributed by atoms with Crippen LogP contribution >= 0.6 is 0 Å². The van der Waals surface area contributed by atoms with Gasteiger partial charge >= 0.3 is 0 Å². The van der Waals surface area contributed by atoms with Crippen LogP contribution in [-0.4, -0.2) is 23.1 Å². The highest BCUT2D eigenvalue weighted by Crippen LogP contribution is 2.29. The summed E-state index contributed by atoms with van der Waals surface area (Å²) in [5.74, 6) is 0.928. The van der Waals surface area contributed by atoms with Crippen molar-refractivity contribution in [3.8, 4) is 5.75 Å². The Morgan fingerprint density at radius 1 is 1.43 bits per heavy atom. The summed E-state index contributed by atoms with van der Waals surface area (Å²) >= 11 is 0. The van der Waals surface area contributed by atoms with Gasteiger partial charge in [0.1, 0.15) is 12.0 Å². The number of aromatic nitrogens is 1. The summed E-state index contributed by atoms with van der Waals surface area (Å²) in [6.07, 6.45) is 4.55. The van der Waals surface area contributed by atoms with Gasteiger partial charge in [0.25, 0.3) is 0 Å². The average molecular weight is 288 g/mol. The van der Waals surface area contributed by atoms with Crippen LogP contribution in [0.4, 0.5) is 0 Å².